The molecule has 0 rings (SSSR count). The third-order valence-electron chi connectivity index (χ3n) is 1.44. The molecule has 0 aliphatic heterocycles. The predicted molar refractivity (Wildman–Crippen MR) is 60.5 cm³/mol. The first-order valence-electron chi connectivity index (χ1n) is 5.16. The molecule has 0 radical (unpaired) electrons. The Morgan fingerprint density at radius 1 is 1.25 bits per heavy atom. The predicted octanol–water partition coefficient (Wildman–Crippen LogP) is 1.35. The van der Waals surface area contributed by atoms with E-state index in [4.69, 9.17) is 4.74 Å². The fourth-order valence-electron chi connectivity index (χ4n) is 0.806. The van der Waals surface area contributed by atoms with E-state index in [2.05, 4.69) is 9.73 Å². The van der Waals surface area contributed by atoms with Crippen molar-refractivity contribution in [1.82, 2.24) is 0 Å². The summed E-state index contributed by atoms with van der Waals surface area (Å²) in [5, 5.41) is 0. The van der Waals surface area contributed by atoms with E-state index in [1.807, 2.05) is 0 Å². The van der Waals surface area contributed by atoms with Crippen molar-refractivity contribution in [2.24, 2.45) is 4.99 Å². The lowest BCUT2D eigenvalue weighted by molar-refractivity contribution is -0.146. The lowest BCUT2D eigenvalue weighted by Crippen LogP contribution is -2.28. The number of esters is 2. The van der Waals surface area contributed by atoms with E-state index in [1.165, 1.54) is 6.92 Å². The zero-order valence-electron chi connectivity index (χ0n) is 10.5. The number of nitrogens with zero attached hydrogens (tertiary/aromatic N) is 1. The second-order valence-corrected chi connectivity index (χ2v) is 4.21. The monoisotopic (exact) mass is 229 g/mol. The van der Waals surface area contributed by atoms with Crippen LogP contribution in [0.15, 0.2) is 4.99 Å². The molecule has 0 aliphatic carbocycles. The summed E-state index contributed by atoms with van der Waals surface area (Å²) < 4.78 is 9.74. The molecule has 92 valence electrons. The molecule has 0 N–H and O–H groups in total. The Balaban J connectivity index is 4.22. The highest BCUT2D eigenvalue weighted by atomic mass is 16.6. The van der Waals surface area contributed by atoms with Crippen LogP contribution < -0.4 is 0 Å². The molecule has 0 atom stereocenters. The van der Waals surface area contributed by atoms with Crippen LogP contribution in [-0.2, 0) is 19.1 Å². The Bertz CT molecular complexity index is 289. The summed E-state index contributed by atoms with van der Waals surface area (Å²) in [5.74, 6) is -0.970. The van der Waals surface area contributed by atoms with Crippen LogP contribution in [-0.4, -0.2) is 36.4 Å². The van der Waals surface area contributed by atoms with Gasteiger partial charge in [0.1, 0.15) is 17.9 Å². The summed E-state index contributed by atoms with van der Waals surface area (Å²) in [6.45, 7) is 8.67. The first-order valence-corrected chi connectivity index (χ1v) is 5.16. The second-order valence-electron chi connectivity index (χ2n) is 4.21. The normalized spacial score (nSPS) is 12.2. The van der Waals surface area contributed by atoms with E-state index in [1.54, 1.807) is 27.7 Å². The van der Waals surface area contributed by atoms with Crippen molar-refractivity contribution < 1.29 is 19.1 Å². The molecule has 0 unspecified atom stereocenters. The van der Waals surface area contributed by atoms with E-state index in [0.717, 1.165) is 0 Å². The van der Waals surface area contributed by atoms with Crippen LogP contribution in [0.25, 0.3) is 0 Å². The number of hydrogen-bond donors (Lipinski definition) is 0. The van der Waals surface area contributed by atoms with Crippen LogP contribution in [0, 0.1) is 0 Å². The van der Waals surface area contributed by atoms with Crippen LogP contribution >= 0.6 is 0 Å². The van der Waals surface area contributed by atoms with Gasteiger partial charge in [0, 0.05) is 0 Å². The molecule has 0 fully saturated rings. The minimum atomic E-state index is -0.558. The van der Waals surface area contributed by atoms with Crippen LogP contribution in [0.1, 0.15) is 34.6 Å². The lowest BCUT2D eigenvalue weighted by atomic mass is 10.2. The average molecular weight is 229 g/mol. The standard InChI is InChI=1S/C11H19NO4/c1-6-15-9(13)7-12-8(2)10(14)16-11(3,4)5/h6-7H2,1-5H3. The molecule has 0 amide bonds. The molecule has 5 heteroatoms. The second kappa shape index (κ2) is 6.25. The first-order chi connectivity index (χ1) is 7.26. The van der Waals surface area contributed by atoms with Gasteiger partial charge in [0.25, 0.3) is 0 Å². The number of aliphatic imine (C=N–C) groups is 1. The van der Waals surface area contributed by atoms with Gasteiger partial charge in [-0.05, 0) is 34.6 Å². The molecule has 16 heavy (non-hydrogen) atoms. The van der Waals surface area contributed by atoms with Gasteiger partial charge in [0.2, 0.25) is 0 Å². The molecule has 0 aromatic carbocycles. The van der Waals surface area contributed by atoms with Gasteiger partial charge in [-0.1, -0.05) is 0 Å². The molecule has 0 saturated heterocycles. The van der Waals surface area contributed by atoms with Crippen LogP contribution in [0.5, 0.6) is 0 Å². The molecule has 0 heterocycles. The molecule has 0 bridgehead atoms. The van der Waals surface area contributed by atoms with Crippen molar-refractivity contribution in [2.45, 2.75) is 40.2 Å². The number of carbonyl (C=O) groups excluding carboxylic acids is 2. The van der Waals surface area contributed by atoms with Gasteiger partial charge in [-0.15, -0.1) is 0 Å². The van der Waals surface area contributed by atoms with Crippen molar-refractivity contribution in [2.75, 3.05) is 13.2 Å². The average Bonchev–Trinajstić information content (AvgIpc) is 2.11. The molecule has 0 saturated carbocycles. The third-order valence-corrected chi connectivity index (χ3v) is 1.44. The number of ether oxygens (including phenoxy) is 2. The summed E-state index contributed by atoms with van der Waals surface area (Å²) in [7, 11) is 0. The molecular weight excluding hydrogens is 210 g/mol. The summed E-state index contributed by atoms with van der Waals surface area (Å²) in [6.07, 6.45) is 0. The number of hydrogen-bond acceptors (Lipinski definition) is 5. The molecule has 0 aliphatic rings. The Labute approximate surface area is 95.8 Å². The molecular formula is C11H19NO4. The Kier molecular flexibility index (Phi) is 5.71. The summed E-state index contributed by atoms with van der Waals surface area (Å²) >= 11 is 0. The van der Waals surface area contributed by atoms with Crippen molar-refractivity contribution in [1.29, 1.82) is 0 Å². The maximum Gasteiger partial charge on any atom is 0.352 e. The topological polar surface area (TPSA) is 65.0 Å². The lowest BCUT2D eigenvalue weighted by Gasteiger charge is -2.19. The molecule has 5 nitrogen and oxygen atoms in total. The van der Waals surface area contributed by atoms with Gasteiger partial charge >= 0.3 is 11.9 Å². The largest absolute Gasteiger partial charge is 0.465 e. The Morgan fingerprint density at radius 3 is 2.25 bits per heavy atom. The van der Waals surface area contributed by atoms with Crippen LogP contribution in [0.4, 0.5) is 0 Å². The van der Waals surface area contributed by atoms with Crippen molar-refractivity contribution in [3.63, 3.8) is 0 Å². The maximum absolute atomic E-state index is 11.4. The van der Waals surface area contributed by atoms with E-state index < -0.39 is 17.5 Å². The highest BCUT2D eigenvalue weighted by Crippen LogP contribution is 2.07. The summed E-state index contributed by atoms with van der Waals surface area (Å²) in [4.78, 5) is 26.2. The number of carbonyl (C=O) groups is 2. The molecule has 0 spiro atoms. The fourth-order valence-corrected chi connectivity index (χ4v) is 0.806. The first kappa shape index (κ1) is 14.6. The van der Waals surface area contributed by atoms with Crippen LogP contribution in [0.3, 0.4) is 0 Å². The highest BCUT2D eigenvalue weighted by Gasteiger charge is 2.18. The Morgan fingerprint density at radius 2 is 1.81 bits per heavy atom. The fraction of sp³-hybridized carbons (Fsp3) is 0.727. The third kappa shape index (κ3) is 6.98. The van der Waals surface area contributed by atoms with Gasteiger partial charge in [0.15, 0.2) is 0 Å². The van der Waals surface area contributed by atoms with Crippen molar-refractivity contribution >= 4 is 17.7 Å². The quantitative estimate of drug-likeness (QED) is 0.539. The van der Waals surface area contributed by atoms with E-state index in [0.29, 0.717) is 6.61 Å². The van der Waals surface area contributed by atoms with Crippen LogP contribution in [0.2, 0.25) is 0 Å². The van der Waals surface area contributed by atoms with Gasteiger partial charge in [-0.2, -0.15) is 0 Å². The zero-order valence-corrected chi connectivity index (χ0v) is 10.5. The van der Waals surface area contributed by atoms with E-state index in [-0.39, 0.29) is 12.3 Å². The Hall–Kier alpha value is -1.39. The van der Waals surface area contributed by atoms with Gasteiger partial charge in [-0.3, -0.25) is 9.79 Å². The SMILES string of the molecule is CCOC(=O)CN=C(C)C(=O)OC(C)(C)C. The van der Waals surface area contributed by atoms with E-state index in [9.17, 15) is 9.59 Å². The zero-order chi connectivity index (χ0) is 12.8. The van der Waals surface area contributed by atoms with Gasteiger partial charge < -0.3 is 9.47 Å². The maximum atomic E-state index is 11.4. The minimum absolute atomic E-state index is 0.154. The van der Waals surface area contributed by atoms with Crippen molar-refractivity contribution in [3.8, 4) is 0 Å². The van der Waals surface area contributed by atoms with Crippen molar-refractivity contribution in [3.05, 3.63) is 0 Å². The molecule has 0 aromatic heterocycles. The minimum Gasteiger partial charge on any atom is -0.465 e. The number of rotatable bonds is 4. The summed E-state index contributed by atoms with van der Waals surface area (Å²) in [5.41, 5.74) is -0.388. The smallest absolute Gasteiger partial charge is 0.352 e. The highest BCUT2D eigenvalue weighted by molar-refractivity contribution is 6.35. The van der Waals surface area contributed by atoms with E-state index >= 15 is 0 Å². The summed E-state index contributed by atoms with van der Waals surface area (Å²) in [6, 6.07) is 0. The van der Waals surface area contributed by atoms with Gasteiger partial charge in [0.05, 0.1) is 6.61 Å². The van der Waals surface area contributed by atoms with Gasteiger partial charge in [-0.25, -0.2) is 4.79 Å². The molecule has 0 aromatic rings.